The van der Waals surface area contributed by atoms with Gasteiger partial charge >= 0.3 is 0 Å². The zero-order valence-electron chi connectivity index (χ0n) is 29.8. The van der Waals surface area contributed by atoms with Gasteiger partial charge in [0.15, 0.2) is 0 Å². The quantitative estimate of drug-likeness (QED) is 0.173. The predicted octanol–water partition coefficient (Wildman–Crippen LogP) is 15.1. The molecule has 0 radical (unpaired) electrons. The van der Waals surface area contributed by atoms with Crippen LogP contribution in [-0.4, -0.2) is 0 Å². The Morgan fingerprint density at radius 3 is 1.65 bits per heavy atom. The summed E-state index contributed by atoms with van der Waals surface area (Å²) in [6, 6.07) is 71.2. The Morgan fingerprint density at radius 2 is 0.855 bits per heavy atom. The number of hydrogen-bond donors (Lipinski definition) is 0. The summed E-state index contributed by atoms with van der Waals surface area (Å²) in [6.07, 6.45) is 0. The van der Waals surface area contributed by atoms with Crippen LogP contribution < -0.4 is 4.90 Å². The Bertz CT molecular complexity index is 3220. The fourth-order valence-corrected chi connectivity index (χ4v) is 8.23. The van der Waals surface area contributed by atoms with Crippen LogP contribution in [0.3, 0.4) is 0 Å². The third-order valence-electron chi connectivity index (χ3n) is 10.9. The van der Waals surface area contributed by atoms with Crippen LogP contribution in [0.1, 0.15) is 0 Å². The number of furan rings is 2. The highest BCUT2D eigenvalue weighted by atomic mass is 16.3. The molecule has 0 N–H and O–H groups in total. The van der Waals surface area contributed by atoms with Crippen LogP contribution in [-0.2, 0) is 0 Å². The molecule has 0 spiro atoms. The first-order valence-corrected chi connectivity index (χ1v) is 18.7. The maximum absolute atomic E-state index is 6.49. The maximum Gasteiger partial charge on any atom is 0.137 e. The lowest BCUT2D eigenvalue weighted by atomic mass is 9.94. The molecule has 0 unspecified atom stereocenters. The zero-order chi connectivity index (χ0) is 36.3. The lowest BCUT2D eigenvalue weighted by Crippen LogP contribution is -2.11. The van der Waals surface area contributed by atoms with Gasteiger partial charge in [0.1, 0.15) is 22.3 Å². The summed E-state index contributed by atoms with van der Waals surface area (Å²) in [5, 5.41) is 6.90. The lowest BCUT2D eigenvalue weighted by Gasteiger charge is -2.29. The predicted molar refractivity (Wildman–Crippen MR) is 229 cm³/mol. The molecule has 0 bridgehead atoms. The van der Waals surface area contributed by atoms with Crippen molar-refractivity contribution in [3.63, 3.8) is 0 Å². The summed E-state index contributed by atoms with van der Waals surface area (Å²) in [7, 11) is 0. The van der Waals surface area contributed by atoms with E-state index in [1.54, 1.807) is 0 Å². The molecule has 11 aromatic rings. The fraction of sp³-hybridized carbons (Fsp3) is 0. The minimum atomic E-state index is 0.849. The largest absolute Gasteiger partial charge is 0.456 e. The summed E-state index contributed by atoms with van der Waals surface area (Å²) in [4.78, 5) is 2.38. The van der Waals surface area contributed by atoms with Gasteiger partial charge in [-0.3, -0.25) is 0 Å². The van der Waals surface area contributed by atoms with Crippen molar-refractivity contribution in [2.75, 3.05) is 4.90 Å². The Kier molecular flexibility index (Phi) is 7.17. The molecule has 2 aromatic heterocycles. The molecule has 0 fully saturated rings. The van der Waals surface area contributed by atoms with Gasteiger partial charge in [-0.25, -0.2) is 0 Å². The molecule has 0 aliphatic carbocycles. The second kappa shape index (κ2) is 12.6. The SMILES string of the molecule is c1ccc(-c2ccc(-c3cccc4ccccc34)cc2N(c2cccc(-c3ccc4c(c3)oc3ccccc34)c2)c2ccc3c(c2)oc2ccccc23)cc1. The molecule has 258 valence electrons. The van der Waals surface area contributed by atoms with Crippen molar-refractivity contribution in [2.24, 2.45) is 0 Å². The number of anilines is 3. The van der Waals surface area contributed by atoms with Gasteiger partial charge in [0.2, 0.25) is 0 Å². The lowest BCUT2D eigenvalue weighted by molar-refractivity contribution is 0.668. The highest BCUT2D eigenvalue weighted by Crippen LogP contribution is 2.46. The second-order valence-corrected chi connectivity index (χ2v) is 14.1. The summed E-state index contributed by atoms with van der Waals surface area (Å²) in [6.45, 7) is 0. The first kappa shape index (κ1) is 31.2. The molecule has 0 saturated heterocycles. The van der Waals surface area contributed by atoms with Crippen molar-refractivity contribution in [2.45, 2.75) is 0 Å². The van der Waals surface area contributed by atoms with E-state index < -0.39 is 0 Å². The van der Waals surface area contributed by atoms with Gasteiger partial charge in [0.05, 0.1) is 5.69 Å². The van der Waals surface area contributed by atoms with Crippen molar-refractivity contribution < 1.29 is 8.83 Å². The molecular weight excluding hydrogens is 671 g/mol. The molecule has 0 saturated carbocycles. The highest BCUT2D eigenvalue weighted by molar-refractivity contribution is 6.08. The monoisotopic (exact) mass is 703 g/mol. The summed E-state index contributed by atoms with van der Waals surface area (Å²) >= 11 is 0. The van der Waals surface area contributed by atoms with Gasteiger partial charge in [0.25, 0.3) is 0 Å². The molecule has 0 atom stereocenters. The number of benzene rings is 9. The first-order valence-electron chi connectivity index (χ1n) is 18.7. The van der Waals surface area contributed by atoms with E-state index in [1.807, 2.05) is 24.3 Å². The molecule has 9 aromatic carbocycles. The van der Waals surface area contributed by atoms with Crippen LogP contribution in [0, 0.1) is 0 Å². The van der Waals surface area contributed by atoms with E-state index in [1.165, 1.54) is 16.3 Å². The van der Waals surface area contributed by atoms with Gasteiger partial charge in [-0.15, -0.1) is 0 Å². The summed E-state index contributed by atoms with van der Waals surface area (Å²) < 4.78 is 12.8. The van der Waals surface area contributed by atoms with E-state index in [0.717, 1.165) is 88.8 Å². The van der Waals surface area contributed by atoms with E-state index in [-0.39, 0.29) is 0 Å². The topological polar surface area (TPSA) is 29.5 Å². The third kappa shape index (κ3) is 5.28. The molecule has 3 heteroatoms. The van der Waals surface area contributed by atoms with Crippen molar-refractivity contribution in [1.29, 1.82) is 0 Å². The average Bonchev–Trinajstić information content (AvgIpc) is 3.82. The van der Waals surface area contributed by atoms with Crippen LogP contribution >= 0.6 is 0 Å². The van der Waals surface area contributed by atoms with Crippen LogP contribution in [0.5, 0.6) is 0 Å². The Hall–Kier alpha value is -7.36. The normalized spacial score (nSPS) is 11.6. The molecule has 0 aliphatic rings. The Balaban J connectivity index is 1.15. The van der Waals surface area contributed by atoms with E-state index in [0.29, 0.717) is 0 Å². The van der Waals surface area contributed by atoms with Crippen molar-refractivity contribution >= 4 is 71.7 Å². The smallest absolute Gasteiger partial charge is 0.137 e. The molecule has 0 aliphatic heterocycles. The Labute approximate surface area is 317 Å². The third-order valence-corrected chi connectivity index (χ3v) is 10.9. The van der Waals surface area contributed by atoms with Gasteiger partial charge in [-0.2, -0.15) is 0 Å². The number of nitrogens with zero attached hydrogens (tertiary/aromatic N) is 1. The van der Waals surface area contributed by atoms with E-state index >= 15 is 0 Å². The van der Waals surface area contributed by atoms with E-state index in [9.17, 15) is 0 Å². The standard InChI is InChI=1S/C52H33NO2/c1-2-12-35(13-3-1)43-27-25-38(42-21-11-15-34-14-4-5-18-41(34)42)31-48(43)53(40-26-29-47-45-20-7-9-23-50(45)55-52(47)33-40)39-17-10-16-36(30-39)37-24-28-46-44-19-6-8-22-49(44)54-51(46)32-37/h1-33H. The van der Waals surface area contributed by atoms with Gasteiger partial charge < -0.3 is 13.7 Å². The van der Waals surface area contributed by atoms with Gasteiger partial charge in [-0.1, -0.05) is 140 Å². The van der Waals surface area contributed by atoms with E-state index in [2.05, 4.69) is 181 Å². The molecule has 2 heterocycles. The van der Waals surface area contributed by atoms with Crippen LogP contribution in [0.25, 0.3) is 88.0 Å². The molecular formula is C52H33NO2. The average molecular weight is 704 g/mol. The van der Waals surface area contributed by atoms with Gasteiger partial charge in [-0.05, 0) is 93.2 Å². The van der Waals surface area contributed by atoms with Crippen molar-refractivity contribution in [3.8, 4) is 33.4 Å². The van der Waals surface area contributed by atoms with Crippen LogP contribution in [0.4, 0.5) is 17.1 Å². The van der Waals surface area contributed by atoms with E-state index in [4.69, 9.17) is 8.83 Å². The first-order chi connectivity index (χ1) is 27.2. The Morgan fingerprint density at radius 1 is 0.291 bits per heavy atom. The molecule has 11 rings (SSSR count). The minimum absolute atomic E-state index is 0.849. The fourth-order valence-electron chi connectivity index (χ4n) is 8.23. The van der Waals surface area contributed by atoms with Crippen molar-refractivity contribution in [3.05, 3.63) is 200 Å². The molecule has 3 nitrogen and oxygen atoms in total. The van der Waals surface area contributed by atoms with Crippen molar-refractivity contribution in [1.82, 2.24) is 0 Å². The maximum atomic E-state index is 6.49. The number of para-hydroxylation sites is 2. The highest BCUT2D eigenvalue weighted by Gasteiger charge is 2.21. The van der Waals surface area contributed by atoms with Crippen LogP contribution in [0.15, 0.2) is 209 Å². The second-order valence-electron chi connectivity index (χ2n) is 14.1. The van der Waals surface area contributed by atoms with Crippen LogP contribution in [0.2, 0.25) is 0 Å². The summed E-state index contributed by atoms with van der Waals surface area (Å²) in [5.74, 6) is 0. The minimum Gasteiger partial charge on any atom is -0.456 e. The zero-order valence-corrected chi connectivity index (χ0v) is 29.8. The number of hydrogen-bond acceptors (Lipinski definition) is 3. The number of rotatable bonds is 6. The molecule has 55 heavy (non-hydrogen) atoms. The summed E-state index contributed by atoms with van der Waals surface area (Å²) in [5.41, 5.74) is 13.4. The number of fused-ring (bicyclic) bond motifs is 7. The van der Waals surface area contributed by atoms with Gasteiger partial charge in [0, 0.05) is 44.5 Å². The molecule has 0 amide bonds.